The number of ketones is 1. The van der Waals surface area contributed by atoms with E-state index in [1.807, 2.05) is 12.1 Å². The third-order valence-electron chi connectivity index (χ3n) is 5.53. The van der Waals surface area contributed by atoms with Gasteiger partial charge in [0.15, 0.2) is 23.9 Å². The van der Waals surface area contributed by atoms with Crippen molar-refractivity contribution in [3.8, 4) is 11.5 Å². The minimum absolute atomic E-state index is 0.282. The van der Waals surface area contributed by atoms with E-state index in [1.54, 1.807) is 24.3 Å². The third-order valence-corrected chi connectivity index (χ3v) is 5.53. The minimum Gasteiger partial charge on any atom is -0.486 e. The molecular formula is C23H21NO5. The van der Waals surface area contributed by atoms with Crippen LogP contribution in [0.2, 0.25) is 0 Å². The fraction of sp³-hybridized carbons (Fsp3) is 0.304. The largest absolute Gasteiger partial charge is 0.486 e. The predicted molar refractivity (Wildman–Crippen MR) is 107 cm³/mol. The molecule has 2 aromatic carbocycles. The number of aromatic nitrogens is 1. The van der Waals surface area contributed by atoms with Gasteiger partial charge in [0, 0.05) is 22.2 Å². The van der Waals surface area contributed by atoms with E-state index in [9.17, 15) is 9.59 Å². The van der Waals surface area contributed by atoms with Crippen LogP contribution < -0.4 is 9.47 Å². The molecule has 0 spiro atoms. The van der Waals surface area contributed by atoms with Crippen LogP contribution in [0.4, 0.5) is 0 Å². The van der Waals surface area contributed by atoms with Crippen molar-refractivity contribution in [2.75, 3.05) is 19.8 Å². The van der Waals surface area contributed by atoms with Gasteiger partial charge in [-0.2, -0.15) is 0 Å². The zero-order chi connectivity index (χ0) is 19.8. The van der Waals surface area contributed by atoms with Crippen molar-refractivity contribution in [1.82, 2.24) is 4.98 Å². The van der Waals surface area contributed by atoms with E-state index in [-0.39, 0.29) is 12.4 Å². The molecule has 6 nitrogen and oxygen atoms in total. The topological polar surface area (TPSA) is 77.6 Å². The molecule has 0 unspecified atom stereocenters. The minimum atomic E-state index is -0.497. The Labute approximate surface area is 167 Å². The molecule has 0 atom stereocenters. The van der Waals surface area contributed by atoms with Crippen LogP contribution in [0.3, 0.4) is 0 Å². The van der Waals surface area contributed by atoms with E-state index in [2.05, 4.69) is 4.98 Å². The van der Waals surface area contributed by atoms with Crippen LogP contribution in [-0.2, 0) is 17.6 Å². The van der Waals surface area contributed by atoms with Gasteiger partial charge in [0.2, 0.25) is 0 Å². The summed E-state index contributed by atoms with van der Waals surface area (Å²) in [6.07, 6.45) is 4.43. The summed E-state index contributed by atoms with van der Waals surface area (Å²) in [4.78, 5) is 28.4. The lowest BCUT2D eigenvalue weighted by Gasteiger charge is -2.18. The highest BCUT2D eigenvalue weighted by molar-refractivity contribution is 6.01. The third kappa shape index (κ3) is 3.35. The molecule has 0 bridgehead atoms. The molecule has 0 saturated carbocycles. The van der Waals surface area contributed by atoms with E-state index in [1.165, 1.54) is 24.1 Å². The fourth-order valence-electron chi connectivity index (χ4n) is 4.05. The summed E-state index contributed by atoms with van der Waals surface area (Å²) in [6.45, 7) is 0.624. The number of nitrogens with one attached hydrogen (secondary N) is 1. The highest BCUT2D eigenvalue weighted by Crippen LogP contribution is 2.31. The van der Waals surface area contributed by atoms with Gasteiger partial charge in [-0.25, -0.2) is 4.79 Å². The number of esters is 1. The zero-order valence-electron chi connectivity index (χ0n) is 16.0. The molecule has 0 radical (unpaired) electrons. The molecule has 0 fully saturated rings. The number of ether oxygens (including phenoxy) is 3. The Morgan fingerprint density at radius 2 is 1.72 bits per heavy atom. The monoisotopic (exact) mass is 391 g/mol. The average molecular weight is 391 g/mol. The Morgan fingerprint density at radius 3 is 2.62 bits per heavy atom. The van der Waals surface area contributed by atoms with Crippen molar-refractivity contribution in [2.24, 2.45) is 0 Å². The molecule has 1 aromatic heterocycles. The first-order chi connectivity index (χ1) is 14.2. The van der Waals surface area contributed by atoms with E-state index >= 15 is 0 Å². The van der Waals surface area contributed by atoms with Crippen LogP contribution in [0.1, 0.15) is 44.8 Å². The smallest absolute Gasteiger partial charge is 0.338 e. The van der Waals surface area contributed by atoms with Crippen molar-refractivity contribution in [3.63, 3.8) is 0 Å². The van der Waals surface area contributed by atoms with Crippen LogP contribution in [0.25, 0.3) is 10.9 Å². The summed E-state index contributed by atoms with van der Waals surface area (Å²) < 4.78 is 16.2. The van der Waals surface area contributed by atoms with Crippen molar-refractivity contribution >= 4 is 22.7 Å². The van der Waals surface area contributed by atoms with Crippen LogP contribution in [0.5, 0.6) is 11.5 Å². The van der Waals surface area contributed by atoms with Crippen molar-refractivity contribution in [1.29, 1.82) is 0 Å². The number of carbonyl (C=O) groups is 2. The summed E-state index contributed by atoms with van der Waals surface area (Å²) in [7, 11) is 0. The van der Waals surface area contributed by atoms with E-state index in [0.717, 1.165) is 23.7 Å². The average Bonchev–Trinajstić information content (AvgIpc) is 3.14. The number of hydrogen-bond acceptors (Lipinski definition) is 5. The molecule has 2 aliphatic rings. The number of aryl methyl sites for hydroxylation is 2. The van der Waals surface area contributed by atoms with Crippen LogP contribution >= 0.6 is 0 Å². The van der Waals surface area contributed by atoms with Gasteiger partial charge in [-0.3, -0.25) is 4.79 Å². The lowest BCUT2D eigenvalue weighted by atomic mass is 9.95. The molecule has 1 aliphatic heterocycles. The number of carbonyl (C=O) groups excluding carboxylic acids is 2. The van der Waals surface area contributed by atoms with Crippen molar-refractivity contribution in [2.45, 2.75) is 25.7 Å². The molecule has 1 aliphatic carbocycles. The molecule has 6 heteroatoms. The molecule has 2 heterocycles. The Morgan fingerprint density at radius 1 is 0.931 bits per heavy atom. The maximum absolute atomic E-state index is 12.5. The lowest BCUT2D eigenvalue weighted by Crippen LogP contribution is -2.17. The summed E-state index contributed by atoms with van der Waals surface area (Å²) in [6, 6.07) is 10.5. The van der Waals surface area contributed by atoms with Crippen LogP contribution in [0, 0.1) is 0 Å². The highest BCUT2D eigenvalue weighted by atomic mass is 16.6. The summed E-state index contributed by atoms with van der Waals surface area (Å²) >= 11 is 0. The summed E-state index contributed by atoms with van der Waals surface area (Å²) in [5.74, 6) is 0.378. The van der Waals surface area contributed by atoms with Gasteiger partial charge in [-0.15, -0.1) is 0 Å². The Hall–Kier alpha value is -3.28. The maximum atomic E-state index is 12.5. The van der Waals surface area contributed by atoms with Crippen LogP contribution in [0.15, 0.2) is 36.4 Å². The Bertz CT molecular complexity index is 1110. The van der Waals surface area contributed by atoms with Gasteiger partial charge in [0.1, 0.15) is 13.2 Å². The molecule has 148 valence electrons. The number of benzene rings is 2. The fourth-order valence-corrected chi connectivity index (χ4v) is 4.05. The second kappa shape index (κ2) is 7.28. The van der Waals surface area contributed by atoms with Gasteiger partial charge in [0.05, 0.1) is 5.56 Å². The molecule has 0 saturated heterocycles. The first-order valence-corrected chi connectivity index (χ1v) is 9.92. The highest BCUT2D eigenvalue weighted by Gasteiger charge is 2.19. The Kier molecular flexibility index (Phi) is 4.46. The maximum Gasteiger partial charge on any atom is 0.338 e. The van der Waals surface area contributed by atoms with Crippen molar-refractivity contribution < 1.29 is 23.8 Å². The van der Waals surface area contributed by atoms with Gasteiger partial charge < -0.3 is 19.2 Å². The first kappa shape index (κ1) is 17.8. The molecule has 0 amide bonds. The van der Waals surface area contributed by atoms with Gasteiger partial charge in [0.25, 0.3) is 0 Å². The number of hydrogen-bond donors (Lipinski definition) is 1. The van der Waals surface area contributed by atoms with E-state index < -0.39 is 5.97 Å². The molecule has 1 N–H and O–H groups in total. The first-order valence-electron chi connectivity index (χ1n) is 9.92. The van der Waals surface area contributed by atoms with E-state index in [4.69, 9.17) is 14.2 Å². The SMILES string of the molecule is O=C(COC(=O)c1ccc2[nH]c3c(c2c1)CCCC3)c1ccc2c(c1)OCCO2. The van der Waals surface area contributed by atoms with Crippen LogP contribution in [-0.4, -0.2) is 36.6 Å². The van der Waals surface area contributed by atoms with E-state index in [0.29, 0.717) is 35.8 Å². The quantitative estimate of drug-likeness (QED) is 0.540. The normalized spacial score (nSPS) is 15.0. The lowest BCUT2D eigenvalue weighted by molar-refractivity contribution is 0.0474. The number of Topliss-reactive ketones (excluding diaryl/α,β-unsaturated/α-hetero) is 1. The molecule has 3 aromatic rings. The summed E-state index contributed by atoms with van der Waals surface area (Å²) in [5.41, 5.74) is 4.50. The van der Waals surface area contributed by atoms with Gasteiger partial charge >= 0.3 is 5.97 Å². The number of rotatable bonds is 4. The predicted octanol–water partition coefficient (Wildman–Crippen LogP) is 3.86. The molecule has 29 heavy (non-hydrogen) atoms. The number of fused-ring (bicyclic) bond motifs is 4. The number of aromatic amines is 1. The zero-order valence-corrected chi connectivity index (χ0v) is 16.0. The van der Waals surface area contributed by atoms with Gasteiger partial charge in [-0.1, -0.05) is 0 Å². The summed E-state index contributed by atoms with van der Waals surface area (Å²) in [5, 5.41) is 1.08. The Balaban J connectivity index is 1.29. The standard InChI is InChI=1S/C23H21NO5/c25-20(14-6-8-21-22(12-14)28-10-9-27-21)13-29-23(26)15-5-7-19-17(11-15)16-3-1-2-4-18(16)24-19/h5-8,11-12,24H,1-4,9-10,13H2. The van der Waals surface area contributed by atoms with Gasteiger partial charge in [-0.05, 0) is 67.6 Å². The molecular weight excluding hydrogens is 370 g/mol. The number of H-pyrrole nitrogens is 1. The molecule has 5 rings (SSSR count). The second-order valence-corrected chi connectivity index (χ2v) is 7.41. The second-order valence-electron chi connectivity index (χ2n) is 7.41. The van der Waals surface area contributed by atoms with Crippen molar-refractivity contribution in [3.05, 3.63) is 58.8 Å².